The van der Waals surface area contributed by atoms with E-state index in [1.165, 1.54) is 12.8 Å². The van der Waals surface area contributed by atoms with Crippen molar-refractivity contribution in [3.8, 4) is 0 Å². The molecule has 1 aliphatic heterocycles. The zero-order valence-corrected chi connectivity index (χ0v) is 9.65. The third kappa shape index (κ3) is 1.97. The van der Waals surface area contributed by atoms with Gasteiger partial charge in [-0.2, -0.15) is 0 Å². The molecule has 1 aliphatic carbocycles. The van der Waals surface area contributed by atoms with E-state index in [9.17, 15) is 0 Å². The molecule has 5 heteroatoms. The van der Waals surface area contributed by atoms with Gasteiger partial charge in [0.2, 0.25) is 0 Å². The lowest BCUT2D eigenvalue weighted by Crippen LogP contribution is -2.34. The number of aryl methyl sites for hydroxylation is 1. The zero-order chi connectivity index (χ0) is 11.0. The Labute approximate surface area is 95.2 Å². The standard InChI is InChI=1S/C11H18N4O/c1-8-13-14-11(10-6-12-4-5-16-10)15(8)7-9-2-3-9/h9-10,12H,2-7H2,1H3. The smallest absolute Gasteiger partial charge is 0.163 e. The molecule has 88 valence electrons. The number of nitrogens with zero attached hydrogens (tertiary/aromatic N) is 3. The van der Waals surface area contributed by atoms with Gasteiger partial charge in [-0.1, -0.05) is 0 Å². The molecular formula is C11H18N4O. The Balaban J connectivity index is 1.80. The van der Waals surface area contributed by atoms with Crippen LogP contribution < -0.4 is 5.32 Å². The summed E-state index contributed by atoms with van der Waals surface area (Å²) in [6, 6.07) is 0. The molecule has 16 heavy (non-hydrogen) atoms. The molecule has 0 aromatic carbocycles. The number of rotatable bonds is 3. The first-order valence-electron chi connectivity index (χ1n) is 6.06. The Bertz CT molecular complexity index is 366. The summed E-state index contributed by atoms with van der Waals surface area (Å²) >= 11 is 0. The van der Waals surface area contributed by atoms with Crippen LogP contribution in [0.5, 0.6) is 0 Å². The first kappa shape index (κ1) is 10.2. The van der Waals surface area contributed by atoms with Crippen LogP contribution in [-0.4, -0.2) is 34.5 Å². The van der Waals surface area contributed by atoms with Crippen LogP contribution in [0, 0.1) is 12.8 Å². The Hall–Kier alpha value is -0.940. The second kappa shape index (κ2) is 4.14. The van der Waals surface area contributed by atoms with E-state index in [4.69, 9.17) is 4.74 Å². The van der Waals surface area contributed by atoms with E-state index in [-0.39, 0.29) is 6.10 Å². The molecule has 1 N–H and O–H groups in total. The van der Waals surface area contributed by atoms with E-state index in [0.717, 1.165) is 43.8 Å². The Morgan fingerprint density at radius 1 is 1.44 bits per heavy atom. The summed E-state index contributed by atoms with van der Waals surface area (Å²) < 4.78 is 7.97. The average Bonchev–Trinajstić information content (AvgIpc) is 3.06. The number of morpholine rings is 1. The molecule has 2 aliphatic rings. The molecule has 0 bridgehead atoms. The van der Waals surface area contributed by atoms with Crippen molar-refractivity contribution in [2.24, 2.45) is 5.92 Å². The van der Waals surface area contributed by atoms with Crippen molar-refractivity contribution < 1.29 is 4.74 Å². The summed E-state index contributed by atoms with van der Waals surface area (Å²) in [6.07, 6.45) is 2.77. The third-order valence-electron chi connectivity index (χ3n) is 3.32. The summed E-state index contributed by atoms with van der Waals surface area (Å²) in [5, 5.41) is 11.8. The van der Waals surface area contributed by atoms with E-state index in [1.807, 2.05) is 6.92 Å². The van der Waals surface area contributed by atoms with Crippen molar-refractivity contribution in [3.05, 3.63) is 11.6 Å². The van der Waals surface area contributed by atoms with Crippen molar-refractivity contribution in [1.82, 2.24) is 20.1 Å². The van der Waals surface area contributed by atoms with Gasteiger partial charge >= 0.3 is 0 Å². The average molecular weight is 222 g/mol. The van der Waals surface area contributed by atoms with Gasteiger partial charge in [0.25, 0.3) is 0 Å². The zero-order valence-electron chi connectivity index (χ0n) is 9.65. The van der Waals surface area contributed by atoms with E-state index in [2.05, 4.69) is 20.1 Å². The highest BCUT2D eigenvalue weighted by molar-refractivity contribution is 5.01. The van der Waals surface area contributed by atoms with Crippen LogP contribution in [0.2, 0.25) is 0 Å². The van der Waals surface area contributed by atoms with Gasteiger partial charge in [0.15, 0.2) is 5.82 Å². The Morgan fingerprint density at radius 3 is 3.00 bits per heavy atom. The van der Waals surface area contributed by atoms with E-state index < -0.39 is 0 Å². The predicted octanol–water partition coefficient (Wildman–Crippen LogP) is 0.657. The van der Waals surface area contributed by atoms with Crippen LogP contribution in [0.3, 0.4) is 0 Å². The van der Waals surface area contributed by atoms with Gasteiger partial charge in [-0.3, -0.25) is 0 Å². The van der Waals surface area contributed by atoms with Crippen LogP contribution in [0.25, 0.3) is 0 Å². The molecule has 1 saturated heterocycles. The maximum Gasteiger partial charge on any atom is 0.163 e. The minimum absolute atomic E-state index is 0.0775. The number of hydrogen-bond acceptors (Lipinski definition) is 4. The summed E-state index contributed by atoms with van der Waals surface area (Å²) in [7, 11) is 0. The highest BCUT2D eigenvalue weighted by atomic mass is 16.5. The minimum Gasteiger partial charge on any atom is -0.368 e. The summed E-state index contributed by atoms with van der Waals surface area (Å²) in [5.41, 5.74) is 0. The lowest BCUT2D eigenvalue weighted by Gasteiger charge is -2.23. The van der Waals surface area contributed by atoms with Crippen LogP contribution >= 0.6 is 0 Å². The largest absolute Gasteiger partial charge is 0.368 e. The van der Waals surface area contributed by atoms with Crippen molar-refractivity contribution in [1.29, 1.82) is 0 Å². The SMILES string of the molecule is Cc1nnc(C2CNCCO2)n1CC1CC1. The predicted molar refractivity (Wildman–Crippen MR) is 59.0 cm³/mol. The Morgan fingerprint density at radius 2 is 2.31 bits per heavy atom. The van der Waals surface area contributed by atoms with Crippen molar-refractivity contribution in [2.75, 3.05) is 19.7 Å². The van der Waals surface area contributed by atoms with Crippen LogP contribution in [-0.2, 0) is 11.3 Å². The fourth-order valence-corrected chi connectivity index (χ4v) is 2.15. The quantitative estimate of drug-likeness (QED) is 0.816. The maximum absolute atomic E-state index is 5.73. The molecule has 1 unspecified atom stereocenters. The number of nitrogens with one attached hydrogen (secondary N) is 1. The fraction of sp³-hybridized carbons (Fsp3) is 0.818. The summed E-state index contributed by atoms with van der Waals surface area (Å²) in [5.74, 6) is 2.85. The number of hydrogen-bond donors (Lipinski definition) is 1. The molecule has 0 spiro atoms. The maximum atomic E-state index is 5.73. The molecule has 0 radical (unpaired) electrons. The van der Waals surface area contributed by atoms with Crippen LogP contribution in [0.15, 0.2) is 0 Å². The highest BCUT2D eigenvalue weighted by Gasteiger charge is 2.27. The Kier molecular flexibility index (Phi) is 2.65. The van der Waals surface area contributed by atoms with Gasteiger partial charge in [-0.15, -0.1) is 10.2 Å². The van der Waals surface area contributed by atoms with Gasteiger partial charge in [0.05, 0.1) is 6.61 Å². The minimum atomic E-state index is 0.0775. The third-order valence-corrected chi connectivity index (χ3v) is 3.32. The topological polar surface area (TPSA) is 52.0 Å². The van der Waals surface area contributed by atoms with Gasteiger partial charge in [0.1, 0.15) is 11.9 Å². The van der Waals surface area contributed by atoms with Gasteiger partial charge in [-0.25, -0.2) is 0 Å². The highest BCUT2D eigenvalue weighted by Crippen LogP contribution is 2.32. The molecule has 0 amide bonds. The molecule has 2 fully saturated rings. The molecule has 3 rings (SSSR count). The van der Waals surface area contributed by atoms with Gasteiger partial charge in [0, 0.05) is 19.6 Å². The summed E-state index contributed by atoms with van der Waals surface area (Å²) in [4.78, 5) is 0. The van der Waals surface area contributed by atoms with Gasteiger partial charge < -0.3 is 14.6 Å². The lowest BCUT2D eigenvalue weighted by molar-refractivity contribution is 0.0195. The van der Waals surface area contributed by atoms with Gasteiger partial charge in [-0.05, 0) is 25.7 Å². The van der Waals surface area contributed by atoms with Crippen LogP contribution in [0.1, 0.15) is 30.6 Å². The fourth-order valence-electron chi connectivity index (χ4n) is 2.15. The lowest BCUT2D eigenvalue weighted by atomic mass is 10.2. The van der Waals surface area contributed by atoms with Crippen LogP contribution in [0.4, 0.5) is 0 Å². The second-order valence-electron chi connectivity index (χ2n) is 4.72. The second-order valence-corrected chi connectivity index (χ2v) is 4.72. The van der Waals surface area contributed by atoms with Crippen molar-refractivity contribution >= 4 is 0 Å². The summed E-state index contributed by atoms with van der Waals surface area (Å²) in [6.45, 7) is 5.64. The normalized spacial score (nSPS) is 25.9. The number of ether oxygens (including phenoxy) is 1. The molecule has 1 aromatic rings. The molecule has 2 heterocycles. The van der Waals surface area contributed by atoms with Crippen molar-refractivity contribution in [2.45, 2.75) is 32.4 Å². The van der Waals surface area contributed by atoms with E-state index in [1.54, 1.807) is 0 Å². The van der Waals surface area contributed by atoms with E-state index >= 15 is 0 Å². The molecular weight excluding hydrogens is 204 g/mol. The molecule has 1 saturated carbocycles. The van der Waals surface area contributed by atoms with Crippen molar-refractivity contribution in [3.63, 3.8) is 0 Å². The first-order chi connectivity index (χ1) is 7.84. The van der Waals surface area contributed by atoms with E-state index in [0.29, 0.717) is 0 Å². The molecule has 1 atom stereocenters. The monoisotopic (exact) mass is 222 g/mol. The molecule has 5 nitrogen and oxygen atoms in total. The number of aromatic nitrogens is 3. The molecule has 1 aromatic heterocycles. The first-order valence-corrected chi connectivity index (χ1v) is 6.06.